The summed E-state index contributed by atoms with van der Waals surface area (Å²) >= 11 is 0. The summed E-state index contributed by atoms with van der Waals surface area (Å²) in [6.07, 6.45) is 5.70. The molecule has 0 atom stereocenters. The van der Waals surface area contributed by atoms with Gasteiger partial charge in [0.2, 0.25) is 0 Å². The van der Waals surface area contributed by atoms with Gasteiger partial charge in [0.25, 0.3) is 0 Å². The highest BCUT2D eigenvalue weighted by atomic mass is 16.5. The number of carbonyl (C=O) groups is 1. The highest BCUT2D eigenvalue weighted by Gasteiger charge is 1.97. The Kier molecular flexibility index (Phi) is 4.28. The van der Waals surface area contributed by atoms with Crippen LogP contribution in [0.4, 0.5) is 0 Å². The van der Waals surface area contributed by atoms with Crippen molar-refractivity contribution in [2.45, 2.75) is 6.54 Å². The zero-order valence-electron chi connectivity index (χ0n) is 10.1. The lowest BCUT2D eigenvalue weighted by molar-refractivity contribution is -0.131. The summed E-state index contributed by atoms with van der Waals surface area (Å²) in [6.45, 7) is 1.07. The van der Waals surface area contributed by atoms with Gasteiger partial charge in [-0.2, -0.15) is 5.10 Å². The number of rotatable bonds is 6. The van der Waals surface area contributed by atoms with Gasteiger partial charge in [0.15, 0.2) is 0 Å². The number of hydrogen-bond acceptors (Lipinski definition) is 4. The van der Waals surface area contributed by atoms with E-state index in [0.717, 1.165) is 11.6 Å². The quantitative estimate of drug-likeness (QED) is 0.794. The highest BCUT2D eigenvalue weighted by Crippen LogP contribution is 2.14. The molecule has 0 fully saturated rings. The van der Waals surface area contributed by atoms with Gasteiger partial charge >= 0.3 is 5.97 Å². The fourth-order valence-electron chi connectivity index (χ4n) is 1.48. The van der Waals surface area contributed by atoms with Crippen molar-refractivity contribution in [2.75, 3.05) is 6.61 Å². The van der Waals surface area contributed by atoms with Crippen LogP contribution in [0.15, 0.2) is 43.0 Å². The third-order valence-electron chi connectivity index (χ3n) is 2.33. The summed E-state index contributed by atoms with van der Waals surface area (Å²) in [7, 11) is 0. The summed E-state index contributed by atoms with van der Waals surface area (Å²) in [5, 5.41) is 12.5. The van der Waals surface area contributed by atoms with E-state index in [2.05, 4.69) is 10.1 Å². The molecule has 1 N–H and O–H groups in total. The minimum absolute atomic E-state index is 0.468. The molecule has 0 saturated heterocycles. The van der Waals surface area contributed by atoms with Crippen LogP contribution in [0.2, 0.25) is 0 Å². The lowest BCUT2D eigenvalue weighted by Crippen LogP contribution is -2.08. The van der Waals surface area contributed by atoms with Crippen LogP contribution in [-0.2, 0) is 11.3 Å². The number of carboxylic acid groups (broad SMARTS) is 1. The Bertz CT molecular complexity index is 564. The Balaban J connectivity index is 1.90. The van der Waals surface area contributed by atoms with E-state index in [1.165, 1.54) is 12.4 Å². The molecule has 1 aromatic heterocycles. The number of hydrogen-bond donors (Lipinski definition) is 1. The maximum atomic E-state index is 10.4. The van der Waals surface area contributed by atoms with E-state index >= 15 is 0 Å². The Morgan fingerprint density at radius 2 is 2.37 bits per heavy atom. The maximum absolute atomic E-state index is 10.4. The molecule has 2 aromatic rings. The zero-order chi connectivity index (χ0) is 13.5. The Morgan fingerprint density at radius 3 is 3.11 bits per heavy atom. The summed E-state index contributed by atoms with van der Waals surface area (Å²) < 4.78 is 7.23. The monoisotopic (exact) mass is 259 g/mol. The molecule has 0 unspecified atom stereocenters. The summed E-state index contributed by atoms with van der Waals surface area (Å²) in [4.78, 5) is 14.3. The number of benzene rings is 1. The van der Waals surface area contributed by atoms with Gasteiger partial charge in [-0.15, -0.1) is 0 Å². The first kappa shape index (κ1) is 12.8. The minimum atomic E-state index is -0.975. The van der Waals surface area contributed by atoms with Crippen molar-refractivity contribution in [3.05, 3.63) is 48.6 Å². The van der Waals surface area contributed by atoms with Gasteiger partial charge < -0.3 is 9.84 Å². The van der Waals surface area contributed by atoms with Crippen molar-refractivity contribution >= 4 is 12.0 Å². The third-order valence-corrected chi connectivity index (χ3v) is 2.33. The number of carboxylic acids is 1. The first-order valence-electron chi connectivity index (χ1n) is 5.70. The molecule has 0 radical (unpaired) electrons. The number of ether oxygens (including phenoxy) is 1. The second-order valence-electron chi connectivity index (χ2n) is 3.75. The molecular formula is C13H13N3O3. The lowest BCUT2D eigenvalue weighted by atomic mass is 10.2. The fraction of sp³-hybridized carbons (Fsp3) is 0.154. The van der Waals surface area contributed by atoms with Gasteiger partial charge in [-0.1, -0.05) is 12.1 Å². The molecule has 6 heteroatoms. The molecule has 0 aliphatic heterocycles. The van der Waals surface area contributed by atoms with E-state index in [1.54, 1.807) is 17.1 Å². The fourth-order valence-corrected chi connectivity index (χ4v) is 1.48. The van der Waals surface area contributed by atoms with Gasteiger partial charge in [0.1, 0.15) is 25.0 Å². The summed E-state index contributed by atoms with van der Waals surface area (Å²) in [5.41, 5.74) is 0.778. The standard InChI is InChI=1S/C13H13N3O3/c17-13(18)5-4-11-2-1-3-12(8-11)19-7-6-16-10-14-9-15-16/h1-5,8-10H,6-7H2,(H,17,18). The van der Waals surface area contributed by atoms with Crippen LogP contribution < -0.4 is 4.74 Å². The normalized spacial score (nSPS) is 10.7. The van der Waals surface area contributed by atoms with E-state index in [0.29, 0.717) is 18.9 Å². The topological polar surface area (TPSA) is 77.2 Å². The molecule has 0 aliphatic carbocycles. The van der Waals surface area contributed by atoms with Gasteiger partial charge in [-0.05, 0) is 23.8 Å². The molecule has 19 heavy (non-hydrogen) atoms. The van der Waals surface area contributed by atoms with E-state index in [-0.39, 0.29) is 0 Å². The number of aliphatic carboxylic acids is 1. The Hall–Kier alpha value is -2.63. The van der Waals surface area contributed by atoms with Crippen LogP contribution in [0.3, 0.4) is 0 Å². The predicted molar refractivity (Wildman–Crippen MR) is 68.6 cm³/mol. The van der Waals surface area contributed by atoms with Gasteiger partial charge in [-0.25, -0.2) is 14.5 Å². The predicted octanol–water partition coefficient (Wildman–Crippen LogP) is 1.45. The number of nitrogens with zero attached hydrogens (tertiary/aromatic N) is 3. The average molecular weight is 259 g/mol. The van der Waals surface area contributed by atoms with Crippen molar-refractivity contribution in [1.29, 1.82) is 0 Å². The molecule has 1 aromatic carbocycles. The van der Waals surface area contributed by atoms with Crippen LogP contribution in [0.25, 0.3) is 6.08 Å². The number of aromatic nitrogens is 3. The van der Waals surface area contributed by atoms with E-state index in [1.807, 2.05) is 18.2 Å². The van der Waals surface area contributed by atoms with Crippen molar-refractivity contribution < 1.29 is 14.6 Å². The minimum Gasteiger partial charge on any atom is -0.492 e. The van der Waals surface area contributed by atoms with Crippen molar-refractivity contribution in [1.82, 2.24) is 14.8 Å². The molecule has 6 nitrogen and oxygen atoms in total. The van der Waals surface area contributed by atoms with Crippen LogP contribution in [0.1, 0.15) is 5.56 Å². The smallest absolute Gasteiger partial charge is 0.328 e. The molecule has 1 heterocycles. The van der Waals surface area contributed by atoms with Crippen LogP contribution >= 0.6 is 0 Å². The Labute approximate surface area is 110 Å². The SMILES string of the molecule is O=C(O)C=Cc1cccc(OCCn2cncn2)c1. The van der Waals surface area contributed by atoms with E-state index in [9.17, 15) is 4.79 Å². The maximum Gasteiger partial charge on any atom is 0.328 e. The van der Waals surface area contributed by atoms with Crippen molar-refractivity contribution in [3.8, 4) is 5.75 Å². The van der Waals surface area contributed by atoms with Gasteiger partial charge in [-0.3, -0.25) is 0 Å². The molecule has 0 amide bonds. The van der Waals surface area contributed by atoms with Crippen molar-refractivity contribution in [3.63, 3.8) is 0 Å². The molecule has 0 aliphatic rings. The molecule has 98 valence electrons. The second kappa shape index (κ2) is 6.34. The van der Waals surface area contributed by atoms with E-state index < -0.39 is 5.97 Å². The van der Waals surface area contributed by atoms with Crippen LogP contribution in [0, 0.1) is 0 Å². The molecule has 0 spiro atoms. The van der Waals surface area contributed by atoms with Gasteiger partial charge in [0, 0.05) is 6.08 Å². The molecule has 0 saturated carbocycles. The summed E-state index contributed by atoms with van der Waals surface area (Å²) in [6, 6.07) is 7.22. The molecule has 2 rings (SSSR count). The first-order valence-corrected chi connectivity index (χ1v) is 5.70. The Morgan fingerprint density at radius 1 is 1.47 bits per heavy atom. The second-order valence-corrected chi connectivity index (χ2v) is 3.75. The summed E-state index contributed by atoms with van der Waals surface area (Å²) in [5.74, 6) is -0.287. The van der Waals surface area contributed by atoms with Gasteiger partial charge in [0.05, 0.1) is 6.54 Å². The highest BCUT2D eigenvalue weighted by molar-refractivity contribution is 5.85. The largest absolute Gasteiger partial charge is 0.492 e. The molecule has 0 bridgehead atoms. The van der Waals surface area contributed by atoms with Crippen LogP contribution in [0.5, 0.6) is 5.75 Å². The van der Waals surface area contributed by atoms with E-state index in [4.69, 9.17) is 9.84 Å². The first-order chi connectivity index (χ1) is 9.24. The van der Waals surface area contributed by atoms with Crippen molar-refractivity contribution in [2.24, 2.45) is 0 Å². The van der Waals surface area contributed by atoms with Crippen LogP contribution in [-0.4, -0.2) is 32.4 Å². The third kappa shape index (κ3) is 4.27. The average Bonchev–Trinajstić information content (AvgIpc) is 2.90. The lowest BCUT2D eigenvalue weighted by Gasteiger charge is -2.06. The molecular weight excluding hydrogens is 246 g/mol. The zero-order valence-corrected chi connectivity index (χ0v) is 10.1.